The SMILES string of the molecule is CC(NC(=O)/C=C/c1ccccc1)C(=O)Nc1ncc(-c2ccccc2)s1. The molecule has 0 radical (unpaired) electrons. The van der Waals surface area contributed by atoms with Crippen molar-refractivity contribution in [2.24, 2.45) is 0 Å². The molecule has 1 aromatic heterocycles. The smallest absolute Gasteiger partial charge is 0.248 e. The minimum absolute atomic E-state index is 0.314. The topological polar surface area (TPSA) is 71.1 Å². The summed E-state index contributed by atoms with van der Waals surface area (Å²) in [6, 6.07) is 18.6. The number of anilines is 1. The van der Waals surface area contributed by atoms with Gasteiger partial charge in [-0.3, -0.25) is 9.59 Å². The van der Waals surface area contributed by atoms with Gasteiger partial charge in [-0.15, -0.1) is 0 Å². The quantitative estimate of drug-likeness (QED) is 0.639. The van der Waals surface area contributed by atoms with Crippen LogP contribution in [-0.4, -0.2) is 22.8 Å². The molecule has 6 heteroatoms. The van der Waals surface area contributed by atoms with Gasteiger partial charge in [0.2, 0.25) is 11.8 Å². The van der Waals surface area contributed by atoms with E-state index in [4.69, 9.17) is 0 Å². The van der Waals surface area contributed by atoms with Gasteiger partial charge in [-0.05, 0) is 24.1 Å². The fraction of sp³-hybridized carbons (Fsp3) is 0.0952. The Labute approximate surface area is 161 Å². The van der Waals surface area contributed by atoms with E-state index < -0.39 is 6.04 Å². The number of nitrogens with one attached hydrogen (secondary N) is 2. The van der Waals surface area contributed by atoms with E-state index in [1.807, 2.05) is 60.7 Å². The molecule has 1 atom stereocenters. The summed E-state index contributed by atoms with van der Waals surface area (Å²) in [4.78, 5) is 29.5. The van der Waals surface area contributed by atoms with E-state index in [-0.39, 0.29) is 11.8 Å². The second kappa shape index (κ2) is 8.91. The first-order valence-corrected chi connectivity index (χ1v) is 9.29. The largest absolute Gasteiger partial charge is 0.341 e. The molecule has 27 heavy (non-hydrogen) atoms. The molecule has 0 bridgehead atoms. The molecule has 0 aliphatic rings. The van der Waals surface area contributed by atoms with Gasteiger partial charge in [0.1, 0.15) is 6.04 Å². The minimum Gasteiger partial charge on any atom is -0.341 e. The van der Waals surface area contributed by atoms with Crippen molar-refractivity contribution >= 4 is 34.4 Å². The highest BCUT2D eigenvalue weighted by Crippen LogP contribution is 2.28. The van der Waals surface area contributed by atoms with E-state index in [0.717, 1.165) is 16.0 Å². The summed E-state index contributed by atoms with van der Waals surface area (Å²) >= 11 is 1.39. The van der Waals surface area contributed by atoms with Gasteiger partial charge in [-0.1, -0.05) is 72.0 Å². The number of carbonyl (C=O) groups is 2. The van der Waals surface area contributed by atoms with Gasteiger partial charge in [0.15, 0.2) is 5.13 Å². The second-order valence-electron chi connectivity index (χ2n) is 5.86. The van der Waals surface area contributed by atoms with Crippen molar-refractivity contribution in [2.45, 2.75) is 13.0 Å². The van der Waals surface area contributed by atoms with Crippen LogP contribution in [-0.2, 0) is 9.59 Å². The summed E-state index contributed by atoms with van der Waals surface area (Å²) in [6.45, 7) is 1.63. The number of rotatable bonds is 6. The number of hydrogen-bond donors (Lipinski definition) is 2. The van der Waals surface area contributed by atoms with Crippen molar-refractivity contribution in [3.8, 4) is 10.4 Å². The molecule has 3 aromatic rings. The number of thiazole rings is 1. The Balaban J connectivity index is 1.54. The number of aromatic nitrogens is 1. The fourth-order valence-electron chi connectivity index (χ4n) is 2.34. The first-order chi connectivity index (χ1) is 13.1. The number of amides is 2. The van der Waals surface area contributed by atoms with Crippen molar-refractivity contribution in [2.75, 3.05) is 5.32 Å². The van der Waals surface area contributed by atoms with Crippen molar-refractivity contribution < 1.29 is 9.59 Å². The molecule has 1 unspecified atom stereocenters. The standard InChI is InChI=1S/C21H19N3O2S/c1-15(23-19(25)13-12-16-8-4-2-5-9-16)20(26)24-21-22-14-18(27-21)17-10-6-3-7-11-17/h2-15H,1H3,(H,23,25)(H,22,24,26)/b13-12+. The predicted octanol–water partition coefficient (Wildman–Crippen LogP) is 3.97. The van der Waals surface area contributed by atoms with Crippen LogP contribution in [0.5, 0.6) is 0 Å². The fourth-order valence-corrected chi connectivity index (χ4v) is 3.17. The Hall–Kier alpha value is -3.25. The summed E-state index contributed by atoms with van der Waals surface area (Å²) in [7, 11) is 0. The van der Waals surface area contributed by atoms with Gasteiger partial charge < -0.3 is 10.6 Å². The summed E-state index contributed by atoms with van der Waals surface area (Å²) < 4.78 is 0. The lowest BCUT2D eigenvalue weighted by molar-refractivity contribution is -0.123. The van der Waals surface area contributed by atoms with Gasteiger partial charge in [0.05, 0.1) is 4.88 Å². The van der Waals surface area contributed by atoms with Crippen LogP contribution in [0.25, 0.3) is 16.5 Å². The molecule has 2 amide bonds. The van der Waals surface area contributed by atoms with Crippen molar-refractivity contribution in [1.29, 1.82) is 0 Å². The molecular formula is C21H19N3O2S. The molecule has 0 saturated carbocycles. The molecule has 0 fully saturated rings. The van der Waals surface area contributed by atoms with Gasteiger partial charge in [-0.25, -0.2) is 4.98 Å². The molecule has 0 aliphatic carbocycles. The Bertz CT molecular complexity index is 936. The molecule has 0 aliphatic heterocycles. The van der Waals surface area contributed by atoms with Crippen LogP contribution in [0, 0.1) is 0 Å². The monoisotopic (exact) mass is 377 g/mol. The zero-order chi connectivity index (χ0) is 19.1. The van der Waals surface area contributed by atoms with E-state index in [0.29, 0.717) is 5.13 Å². The lowest BCUT2D eigenvalue weighted by Gasteiger charge is -2.11. The molecule has 0 saturated heterocycles. The first kappa shape index (κ1) is 18.5. The third kappa shape index (κ3) is 5.36. The average molecular weight is 377 g/mol. The highest BCUT2D eigenvalue weighted by Gasteiger charge is 2.16. The predicted molar refractivity (Wildman–Crippen MR) is 109 cm³/mol. The van der Waals surface area contributed by atoms with Crippen LogP contribution < -0.4 is 10.6 Å². The summed E-state index contributed by atoms with van der Waals surface area (Å²) in [5.41, 5.74) is 1.96. The lowest BCUT2D eigenvalue weighted by atomic mass is 10.2. The highest BCUT2D eigenvalue weighted by atomic mass is 32.1. The van der Waals surface area contributed by atoms with Crippen LogP contribution in [0.15, 0.2) is 72.9 Å². The Morgan fingerprint density at radius 1 is 1.04 bits per heavy atom. The molecule has 3 rings (SSSR count). The molecule has 5 nitrogen and oxygen atoms in total. The van der Waals surface area contributed by atoms with Crippen molar-refractivity contribution in [1.82, 2.24) is 10.3 Å². The number of hydrogen-bond acceptors (Lipinski definition) is 4. The highest BCUT2D eigenvalue weighted by molar-refractivity contribution is 7.19. The second-order valence-corrected chi connectivity index (χ2v) is 6.89. The van der Waals surface area contributed by atoms with E-state index in [1.54, 1.807) is 19.2 Å². The van der Waals surface area contributed by atoms with Crippen LogP contribution in [0.3, 0.4) is 0 Å². The number of carbonyl (C=O) groups excluding carboxylic acids is 2. The van der Waals surface area contributed by atoms with Crippen LogP contribution >= 0.6 is 11.3 Å². The van der Waals surface area contributed by atoms with E-state index >= 15 is 0 Å². The van der Waals surface area contributed by atoms with Gasteiger partial charge in [0.25, 0.3) is 0 Å². The van der Waals surface area contributed by atoms with Crippen molar-refractivity contribution in [3.05, 3.63) is 78.5 Å². The Morgan fingerprint density at radius 3 is 2.41 bits per heavy atom. The maximum Gasteiger partial charge on any atom is 0.248 e. The lowest BCUT2D eigenvalue weighted by Crippen LogP contribution is -2.40. The minimum atomic E-state index is -0.679. The average Bonchev–Trinajstić information content (AvgIpc) is 3.16. The van der Waals surface area contributed by atoms with E-state index in [1.165, 1.54) is 17.4 Å². The van der Waals surface area contributed by atoms with Crippen LogP contribution in [0.2, 0.25) is 0 Å². The number of nitrogens with zero attached hydrogens (tertiary/aromatic N) is 1. The van der Waals surface area contributed by atoms with Crippen molar-refractivity contribution in [3.63, 3.8) is 0 Å². The molecule has 1 heterocycles. The molecular weight excluding hydrogens is 358 g/mol. The van der Waals surface area contributed by atoms with E-state index in [9.17, 15) is 9.59 Å². The number of benzene rings is 2. The maximum absolute atomic E-state index is 12.3. The zero-order valence-corrected chi connectivity index (χ0v) is 15.6. The molecule has 2 N–H and O–H groups in total. The van der Waals surface area contributed by atoms with Gasteiger partial charge in [-0.2, -0.15) is 0 Å². The Morgan fingerprint density at radius 2 is 1.70 bits per heavy atom. The van der Waals surface area contributed by atoms with Crippen LogP contribution in [0.4, 0.5) is 5.13 Å². The summed E-state index contributed by atoms with van der Waals surface area (Å²) in [5.74, 6) is -0.643. The van der Waals surface area contributed by atoms with Crippen LogP contribution in [0.1, 0.15) is 12.5 Å². The van der Waals surface area contributed by atoms with Gasteiger partial charge in [0, 0.05) is 12.3 Å². The molecule has 136 valence electrons. The molecule has 2 aromatic carbocycles. The summed E-state index contributed by atoms with van der Waals surface area (Å²) in [5, 5.41) is 5.89. The summed E-state index contributed by atoms with van der Waals surface area (Å²) in [6.07, 6.45) is 4.84. The molecule has 0 spiro atoms. The normalized spacial score (nSPS) is 11.9. The Kier molecular flexibility index (Phi) is 6.12. The zero-order valence-electron chi connectivity index (χ0n) is 14.8. The first-order valence-electron chi connectivity index (χ1n) is 8.47. The third-order valence-corrected chi connectivity index (χ3v) is 4.73. The van der Waals surface area contributed by atoms with Gasteiger partial charge >= 0.3 is 0 Å². The third-order valence-electron chi connectivity index (χ3n) is 3.77. The maximum atomic E-state index is 12.3. The van der Waals surface area contributed by atoms with E-state index in [2.05, 4.69) is 15.6 Å².